The molecule has 0 N–H and O–H groups in total. The van der Waals surface area contributed by atoms with E-state index in [9.17, 15) is 8.78 Å². The molecule has 1 aromatic carbocycles. The van der Waals surface area contributed by atoms with Crippen molar-refractivity contribution in [2.45, 2.75) is 32.3 Å². The first kappa shape index (κ1) is 16.4. The zero-order chi connectivity index (χ0) is 17.5. The second kappa shape index (κ2) is 5.59. The molecule has 0 spiro atoms. The number of methoxy groups -OCH3 is 1. The number of benzene rings is 1. The highest BCUT2D eigenvalue weighted by Crippen LogP contribution is 2.28. The van der Waals surface area contributed by atoms with E-state index in [2.05, 4.69) is 15.3 Å². The maximum absolute atomic E-state index is 13.6. The molecule has 5 nitrogen and oxygen atoms in total. The molecule has 126 valence electrons. The Hall–Kier alpha value is -2.41. The third kappa shape index (κ3) is 2.87. The van der Waals surface area contributed by atoms with Crippen molar-refractivity contribution in [3.8, 4) is 11.3 Å². The molecule has 0 atom stereocenters. The SMILES string of the molecule is COC(C)(C)c1ccc(-c2ccc3nnc(C(C)(F)F)n3n2)cc1. The largest absolute Gasteiger partial charge is 0.374 e. The normalized spacial score (nSPS) is 12.8. The lowest BCUT2D eigenvalue weighted by Gasteiger charge is -2.23. The standard InChI is InChI=1S/C17H18F2N4O/c1-16(2,24-4)12-7-5-11(6-8-12)13-9-10-14-20-21-15(17(3,18)19)23(14)22-13/h5-10H,1-4H3. The van der Waals surface area contributed by atoms with Crippen LogP contribution in [-0.2, 0) is 16.3 Å². The van der Waals surface area contributed by atoms with Gasteiger partial charge >= 0.3 is 5.92 Å². The van der Waals surface area contributed by atoms with Crippen molar-refractivity contribution < 1.29 is 13.5 Å². The molecule has 2 aromatic heterocycles. The van der Waals surface area contributed by atoms with Gasteiger partial charge in [0.2, 0.25) is 5.82 Å². The first-order valence-electron chi connectivity index (χ1n) is 7.49. The second-order valence-corrected chi connectivity index (χ2v) is 6.19. The fraction of sp³-hybridized carbons (Fsp3) is 0.353. The topological polar surface area (TPSA) is 52.3 Å². The van der Waals surface area contributed by atoms with Gasteiger partial charge in [0.25, 0.3) is 0 Å². The molecule has 3 rings (SSSR count). The molecule has 0 aliphatic rings. The minimum atomic E-state index is -3.11. The number of fused-ring (bicyclic) bond motifs is 1. The quantitative estimate of drug-likeness (QED) is 0.729. The number of aromatic nitrogens is 4. The van der Waals surface area contributed by atoms with Crippen LogP contribution in [0.5, 0.6) is 0 Å². The van der Waals surface area contributed by atoms with Gasteiger partial charge in [-0.15, -0.1) is 10.2 Å². The lowest BCUT2D eigenvalue weighted by Crippen LogP contribution is -2.19. The summed E-state index contributed by atoms with van der Waals surface area (Å²) in [6.45, 7) is 4.72. The van der Waals surface area contributed by atoms with Crippen LogP contribution in [0, 0.1) is 0 Å². The Morgan fingerprint density at radius 1 is 0.958 bits per heavy atom. The zero-order valence-electron chi connectivity index (χ0n) is 13.9. The van der Waals surface area contributed by atoms with Crippen LogP contribution in [0.4, 0.5) is 8.78 Å². The molecule has 24 heavy (non-hydrogen) atoms. The van der Waals surface area contributed by atoms with E-state index in [1.165, 1.54) is 0 Å². The van der Waals surface area contributed by atoms with E-state index >= 15 is 0 Å². The minimum absolute atomic E-state index is 0.285. The fourth-order valence-electron chi connectivity index (χ4n) is 2.38. The van der Waals surface area contributed by atoms with Crippen molar-refractivity contribution in [2.75, 3.05) is 7.11 Å². The highest BCUT2D eigenvalue weighted by Gasteiger charge is 2.31. The van der Waals surface area contributed by atoms with Crippen LogP contribution < -0.4 is 0 Å². The van der Waals surface area contributed by atoms with Gasteiger partial charge in [-0.2, -0.15) is 18.4 Å². The highest BCUT2D eigenvalue weighted by atomic mass is 19.3. The minimum Gasteiger partial charge on any atom is -0.374 e. The molecule has 0 saturated heterocycles. The van der Waals surface area contributed by atoms with Crippen molar-refractivity contribution in [3.63, 3.8) is 0 Å². The number of rotatable bonds is 4. The number of nitrogens with zero attached hydrogens (tertiary/aromatic N) is 4. The summed E-state index contributed by atoms with van der Waals surface area (Å²) < 4.78 is 33.7. The molecule has 0 saturated carbocycles. The number of halogens is 2. The van der Waals surface area contributed by atoms with Crippen LogP contribution in [0.1, 0.15) is 32.2 Å². The van der Waals surface area contributed by atoms with Gasteiger partial charge in [0, 0.05) is 19.6 Å². The molecular weight excluding hydrogens is 314 g/mol. The van der Waals surface area contributed by atoms with Crippen molar-refractivity contribution in [2.24, 2.45) is 0 Å². The van der Waals surface area contributed by atoms with Gasteiger partial charge in [0.15, 0.2) is 5.65 Å². The molecule has 0 amide bonds. The van der Waals surface area contributed by atoms with Gasteiger partial charge in [-0.05, 0) is 31.5 Å². The lowest BCUT2D eigenvalue weighted by atomic mass is 9.96. The summed E-state index contributed by atoms with van der Waals surface area (Å²) in [6, 6.07) is 11.0. The average Bonchev–Trinajstić information content (AvgIpc) is 2.98. The van der Waals surface area contributed by atoms with Crippen LogP contribution in [0.3, 0.4) is 0 Å². The Balaban J connectivity index is 2.04. The molecule has 0 aliphatic heterocycles. The molecule has 0 radical (unpaired) electrons. The Labute approximate surface area is 138 Å². The van der Waals surface area contributed by atoms with E-state index in [0.29, 0.717) is 5.69 Å². The average molecular weight is 332 g/mol. The molecule has 2 heterocycles. The molecule has 0 fully saturated rings. The Morgan fingerprint density at radius 2 is 1.62 bits per heavy atom. The summed E-state index contributed by atoms with van der Waals surface area (Å²) in [4.78, 5) is 0. The molecule has 0 unspecified atom stereocenters. The Morgan fingerprint density at radius 3 is 2.21 bits per heavy atom. The molecule has 0 bridgehead atoms. The van der Waals surface area contributed by atoms with E-state index in [1.807, 2.05) is 38.1 Å². The van der Waals surface area contributed by atoms with E-state index in [4.69, 9.17) is 4.74 Å². The maximum Gasteiger partial charge on any atom is 0.305 e. The van der Waals surface area contributed by atoms with Crippen molar-refractivity contribution >= 4 is 5.65 Å². The van der Waals surface area contributed by atoms with E-state index in [0.717, 1.165) is 22.6 Å². The summed E-state index contributed by atoms with van der Waals surface area (Å²) in [6.07, 6.45) is 0. The lowest BCUT2D eigenvalue weighted by molar-refractivity contribution is 0.00562. The first-order chi connectivity index (χ1) is 11.2. The monoisotopic (exact) mass is 332 g/mol. The zero-order valence-corrected chi connectivity index (χ0v) is 13.9. The summed E-state index contributed by atoms with van der Waals surface area (Å²) in [5.74, 6) is -3.59. The summed E-state index contributed by atoms with van der Waals surface area (Å²) in [5, 5.41) is 11.5. The van der Waals surface area contributed by atoms with Crippen LogP contribution in [-0.4, -0.2) is 26.9 Å². The van der Waals surface area contributed by atoms with Crippen LogP contribution in [0.25, 0.3) is 16.9 Å². The third-order valence-corrected chi connectivity index (χ3v) is 4.04. The summed E-state index contributed by atoms with van der Waals surface area (Å²) in [5.41, 5.74) is 2.27. The number of ether oxygens (including phenoxy) is 1. The molecule has 0 aliphatic carbocycles. The maximum atomic E-state index is 13.6. The van der Waals surface area contributed by atoms with Gasteiger partial charge in [0.1, 0.15) is 0 Å². The first-order valence-corrected chi connectivity index (χ1v) is 7.49. The Bertz CT molecular complexity index is 866. The van der Waals surface area contributed by atoms with Crippen molar-refractivity contribution in [3.05, 3.63) is 47.8 Å². The second-order valence-electron chi connectivity index (χ2n) is 6.19. The van der Waals surface area contributed by atoms with Crippen LogP contribution >= 0.6 is 0 Å². The van der Waals surface area contributed by atoms with Crippen molar-refractivity contribution in [1.82, 2.24) is 19.8 Å². The predicted molar refractivity (Wildman–Crippen MR) is 85.8 cm³/mol. The number of hydrogen-bond donors (Lipinski definition) is 0. The Kier molecular flexibility index (Phi) is 3.83. The van der Waals surface area contributed by atoms with Gasteiger partial charge in [-0.3, -0.25) is 0 Å². The number of hydrogen-bond acceptors (Lipinski definition) is 4. The van der Waals surface area contributed by atoms with Gasteiger partial charge < -0.3 is 4.74 Å². The summed E-state index contributed by atoms with van der Waals surface area (Å²) >= 11 is 0. The van der Waals surface area contributed by atoms with Crippen LogP contribution in [0.15, 0.2) is 36.4 Å². The highest BCUT2D eigenvalue weighted by molar-refractivity contribution is 5.60. The summed E-state index contributed by atoms with van der Waals surface area (Å²) in [7, 11) is 1.65. The van der Waals surface area contributed by atoms with E-state index < -0.39 is 17.3 Å². The molecular formula is C17H18F2N4O. The number of alkyl halides is 2. The predicted octanol–water partition coefficient (Wildman–Crippen LogP) is 3.78. The smallest absolute Gasteiger partial charge is 0.305 e. The van der Waals surface area contributed by atoms with Gasteiger partial charge in [-0.1, -0.05) is 24.3 Å². The fourth-order valence-corrected chi connectivity index (χ4v) is 2.38. The molecule has 7 heteroatoms. The third-order valence-electron chi connectivity index (χ3n) is 4.04. The van der Waals surface area contributed by atoms with E-state index in [-0.39, 0.29) is 5.65 Å². The van der Waals surface area contributed by atoms with Gasteiger partial charge in [-0.25, -0.2) is 0 Å². The molecule has 3 aromatic rings. The van der Waals surface area contributed by atoms with Crippen molar-refractivity contribution in [1.29, 1.82) is 0 Å². The van der Waals surface area contributed by atoms with Crippen LogP contribution in [0.2, 0.25) is 0 Å². The van der Waals surface area contributed by atoms with E-state index in [1.54, 1.807) is 19.2 Å². The van der Waals surface area contributed by atoms with Gasteiger partial charge in [0.05, 0.1) is 11.3 Å².